The summed E-state index contributed by atoms with van der Waals surface area (Å²) < 4.78 is 25.4. The van der Waals surface area contributed by atoms with Crippen LogP contribution in [-0.4, -0.2) is 57.3 Å². The highest BCUT2D eigenvalue weighted by molar-refractivity contribution is 6.74. The molecule has 0 N–H and O–H groups in total. The Morgan fingerprint density at radius 2 is 1.57 bits per heavy atom. The van der Waals surface area contributed by atoms with E-state index in [0.717, 1.165) is 11.1 Å². The number of carbonyl (C=O) groups excluding carboxylic acids is 1. The Morgan fingerprint density at radius 1 is 1.00 bits per heavy atom. The van der Waals surface area contributed by atoms with Crippen molar-refractivity contribution in [2.45, 2.75) is 84.2 Å². The van der Waals surface area contributed by atoms with E-state index in [9.17, 15) is 4.79 Å². The van der Waals surface area contributed by atoms with Crippen molar-refractivity contribution in [3.05, 3.63) is 96.6 Å². The largest absolute Gasteiger partial charge is 0.450 e. The standard InChI is InChI=1S/C33H49NO5Si/c1-9-18-29(39-40(7,8)33(4,5)6)31(34(23-10-2)32(35)37-11-3)30(38-25-28-21-16-13-17-22-28)26-36-24-27-19-14-12-15-20-27/h9-10,12-22,29-31H,2,11,23-26H2,1,3-8H3/b18-9+/t29?,30-,31?/m1/s1. The predicted molar refractivity (Wildman–Crippen MR) is 166 cm³/mol. The molecule has 6 nitrogen and oxygen atoms in total. The molecule has 2 aromatic carbocycles. The molecule has 7 heteroatoms. The molecule has 0 radical (unpaired) electrons. The highest BCUT2D eigenvalue weighted by atomic mass is 28.4. The normalized spacial score (nSPS) is 14.5. The van der Waals surface area contributed by atoms with Crippen LogP contribution in [0.5, 0.6) is 0 Å². The fourth-order valence-electron chi connectivity index (χ4n) is 4.07. The highest BCUT2D eigenvalue weighted by Gasteiger charge is 2.44. The van der Waals surface area contributed by atoms with Gasteiger partial charge in [-0.05, 0) is 43.1 Å². The number of benzene rings is 2. The van der Waals surface area contributed by atoms with Gasteiger partial charge in [-0.3, -0.25) is 4.90 Å². The second kappa shape index (κ2) is 16.5. The number of allylic oxidation sites excluding steroid dienone is 1. The Kier molecular flexibility index (Phi) is 13.8. The lowest BCUT2D eigenvalue weighted by atomic mass is 10.0. The summed E-state index contributed by atoms with van der Waals surface area (Å²) in [4.78, 5) is 15.1. The molecule has 220 valence electrons. The Labute approximate surface area is 243 Å². The van der Waals surface area contributed by atoms with E-state index in [0.29, 0.717) is 13.2 Å². The molecular formula is C33H49NO5Si. The van der Waals surface area contributed by atoms with Crippen molar-refractivity contribution in [1.82, 2.24) is 4.90 Å². The summed E-state index contributed by atoms with van der Waals surface area (Å²) in [5, 5.41) is -0.0330. The molecule has 0 aliphatic heterocycles. The predicted octanol–water partition coefficient (Wildman–Crippen LogP) is 7.77. The molecule has 0 heterocycles. The van der Waals surface area contributed by atoms with Crippen LogP contribution in [0, 0.1) is 0 Å². The van der Waals surface area contributed by atoms with E-state index in [4.69, 9.17) is 18.6 Å². The molecule has 0 saturated carbocycles. The number of hydrogen-bond donors (Lipinski definition) is 0. The van der Waals surface area contributed by atoms with Crippen molar-refractivity contribution in [2.75, 3.05) is 19.8 Å². The Morgan fingerprint density at radius 3 is 2.08 bits per heavy atom. The molecule has 0 aromatic heterocycles. The molecule has 0 bridgehead atoms. The molecule has 3 atom stereocenters. The Balaban J connectivity index is 2.54. The Bertz CT molecular complexity index is 1040. The van der Waals surface area contributed by atoms with Crippen molar-refractivity contribution < 1.29 is 23.4 Å². The minimum Gasteiger partial charge on any atom is -0.450 e. The van der Waals surface area contributed by atoms with Crippen molar-refractivity contribution in [1.29, 1.82) is 0 Å². The lowest BCUT2D eigenvalue weighted by Gasteiger charge is -2.45. The first-order chi connectivity index (χ1) is 19.0. The van der Waals surface area contributed by atoms with Crippen LogP contribution in [0.1, 0.15) is 45.7 Å². The smallest absolute Gasteiger partial charge is 0.410 e. The zero-order valence-corrected chi connectivity index (χ0v) is 26.5. The summed E-state index contributed by atoms with van der Waals surface area (Å²) in [5.74, 6) is 0. The number of rotatable bonds is 16. The van der Waals surface area contributed by atoms with Gasteiger partial charge in [0.15, 0.2) is 8.32 Å². The van der Waals surface area contributed by atoms with Crippen molar-refractivity contribution in [3.8, 4) is 0 Å². The van der Waals surface area contributed by atoms with Gasteiger partial charge < -0.3 is 18.6 Å². The molecule has 0 fully saturated rings. The van der Waals surface area contributed by atoms with Crippen LogP contribution in [-0.2, 0) is 31.9 Å². The van der Waals surface area contributed by atoms with E-state index in [-0.39, 0.29) is 24.8 Å². The lowest BCUT2D eigenvalue weighted by molar-refractivity contribution is -0.0877. The molecule has 0 saturated heterocycles. The fraction of sp³-hybridized carbons (Fsp3) is 0.485. The average Bonchev–Trinajstić information content (AvgIpc) is 2.91. The van der Waals surface area contributed by atoms with Gasteiger partial charge in [0.05, 0.1) is 38.6 Å². The van der Waals surface area contributed by atoms with Gasteiger partial charge in [-0.1, -0.05) is 99.7 Å². The van der Waals surface area contributed by atoms with Crippen molar-refractivity contribution in [2.24, 2.45) is 0 Å². The van der Waals surface area contributed by atoms with Gasteiger partial charge in [-0.25, -0.2) is 4.79 Å². The lowest BCUT2D eigenvalue weighted by Crippen LogP contribution is -2.58. The van der Waals surface area contributed by atoms with Crippen molar-refractivity contribution >= 4 is 14.4 Å². The molecule has 0 spiro atoms. The molecule has 1 amide bonds. The zero-order chi connectivity index (χ0) is 29.6. The van der Waals surface area contributed by atoms with E-state index >= 15 is 0 Å². The van der Waals surface area contributed by atoms with Crippen LogP contribution in [0.2, 0.25) is 18.1 Å². The molecular weight excluding hydrogens is 518 g/mol. The maximum absolute atomic E-state index is 13.4. The second-order valence-corrected chi connectivity index (χ2v) is 16.1. The summed E-state index contributed by atoms with van der Waals surface area (Å²) in [5.41, 5.74) is 2.10. The zero-order valence-electron chi connectivity index (χ0n) is 25.5. The van der Waals surface area contributed by atoms with E-state index in [1.807, 2.05) is 79.7 Å². The first-order valence-electron chi connectivity index (χ1n) is 14.2. The Hall–Kier alpha value is -2.71. The van der Waals surface area contributed by atoms with Crippen LogP contribution in [0.25, 0.3) is 0 Å². The summed E-state index contributed by atoms with van der Waals surface area (Å²) in [6, 6.07) is 19.5. The second-order valence-electron chi connectivity index (χ2n) is 11.3. The molecule has 0 aliphatic rings. The summed E-state index contributed by atoms with van der Waals surface area (Å²) in [7, 11) is -2.26. The van der Waals surface area contributed by atoms with Gasteiger partial charge >= 0.3 is 6.09 Å². The summed E-state index contributed by atoms with van der Waals surface area (Å²) in [6.45, 7) is 20.4. The van der Waals surface area contributed by atoms with Gasteiger partial charge in [-0.15, -0.1) is 6.58 Å². The minimum absolute atomic E-state index is 0.0330. The number of ether oxygens (including phenoxy) is 3. The molecule has 2 aromatic rings. The first-order valence-corrected chi connectivity index (χ1v) is 17.1. The van der Waals surface area contributed by atoms with Crippen LogP contribution < -0.4 is 0 Å². The van der Waals surface area contributed by atoms with Crippen LogP contribution in [0.3, 0.4) is 0 Å². The monoisotopic (exact) mass is 567 g/mol. The molecule has 2 rings (SSSR count). The maximum atomic E-state index is 13.4. The fourth-order valence-corrected chi connectivity index (χ4v) is 5.32. The summed E-state index contributed by atoms with van der Waals surface area (Å²) in [6.07, 6.45) is 4.31. The number of nitrogens with zero attached hydrogens (tertiary/aromatic N) is 1. The third-order valence-electron chi connectivity index (χ3n) is 7.23. The van der Waals surface area contributed by atoms with Gasteiger partial charge in [-0.2, -0.15) is 0 Å². The van der Waals surface area contributed by atoms with Gasteiger partial charge in [0.1, 0.15) is 6.10 Å². The molecule has 0 aliphatic carbocycles. The van der Waals surface area contributed by atoms with E-state index in [1.165, 1.54) is 0 Å². The van der Waals surface area contributed by atoms with Crippen molar-refractivity contribution in [3.63, 3.8) is 0 Å². The third-order valence-corrected chi connectivity index (χ3v) is 11.7. The third kappa shape index (κ3) is 10.4. The van der Waals surface area contributed by atoms with Crippen LogP contribution in [0.4, 0.5) is 4.79 Å². The number of hydrogen-bond acceptors (Lipinski definition) is 5. The quantitative estimate of drug-likeness (QED) is 0.153. The highest BCUT2D eigenvalue weighted by Crippen LogP contribution is 2.38. The van der Waals surface area contributed by atoms with Gasteiger partial charge in [0.25, 0.3) is 0 Å². The van der Waals surface area contributed by atoms with Crippen LogP contribution in [0.15, 0.2) is 85.5 Å². The van der Waals surface area contributed by atoms with E-state index in [1.54, 1.807) is 17.9 Å². The number of carbonyl (C=O) groups is 1. The van der Waals surface area contributed by atoms with E-state index in [2.05, 4.69) is 40.4 Å². The topological polar surface area (TPSA) is 57.2 Å². The average molecular weight is 568 g/mol. The van der Waals surface area contributed by atoms with Gasteiger partial charge in [0, 0.05) is 6.54 Å². The maximum Gasteiger partial charge on any atom is 0.410 e. The van der Waals surface area contributed by atoms with Crippen LogP contribution >= 0.6 is 0 Å². The first kappa shape index (κ1) is 33.5. The van der Waals surface area contributed by atoms with E-state index < -0.39 is 32.7 Å². The summed E-state index contributed by atoms with van der Waals surface area (Å²) >= 11 is 0. The number of amides is 1. The molecule has 40 heavy (non-hydrogen) atoms. The molecule has 2 unspecified atom stereocenters. The van der Waals surface area contributed by atoms with Gasteiger partial charge in [0.2, 0.25) is 0 Å². The SMILES string of the molecule is C=CCN(C(=O)OCC)C(C(/C=C/C)O[Si](C)(C)C(C)(C)C)[C@@H](COCc1ccccc1)OCc1ccccc1. The minimum atomic E-state index is -2.26.